The molecule has 1 heterocycles. The van der Waals surface area contributed by atoms with Crippen LogP contribution < -0.4 is 10.6 Å². The highest BCUT2D eigenvalue weighted by molar-refractivity contribution is 5.87. The van der Waals surface area contributed by atoms with Crippen molar-refractivity contribution in [2.24, 2.45) is 10.9 Å². The van der Waals surface area contributed by atoms with Crippen molar-refractivity contribution in [2.75, 3.05) is 26.2 Å². The molecule has 0 bridgehead atoms. The highest BCUT2D eigenvalue weighted by atomic mass is 15.1. The fourth-order valence-electron chi connectivity index (χ4n) is 1.49. The van der Waals surface area contributed by atoms with Crippen molar-refractivity contribution in [1.29, 1.82) is 0 Å². The molecule has 2 N–H and O–H groups in total. The van der Waals surface area contributed by atoms with Gasteiger partial charge in [-0.1, -0.05) is 12.2 Å². The molecular weight excluding hydrogens is 174 g/mol. The summed E-state index contributed by atoms with van der Waals surface area (Å²) in [6.07, 6.45) is 4.88. The lowest BCUT2D eigenvalue weighted by Crippen LogP contribution is -2.28. The van der Waals surface area contributed by atoms with E-state index in [2.05, 4.69) is 28.8 Å². The monoisotopic (exact) mass is 193 g/mol. The molecule has 0 spiro atoms. The van der Waals surface area contributed by atoms with Crippen molar-refractivity contribution in [3.8, 4) is 0 Å². The molecule has 1 aliphatic rings. The molecule has 0 fully saturated rings. The Morgan fingerprint density at radius 2 is 2.43 bits per heavy atom. The lowest BCUT2D eigenvalue weighted by Gasteiger charge is -2.12. The van der Waals surface area contributed by atoms with Crippen LogP contribution in [0.4, 0.5) is 0 Å². The zero-order valence-electron chi connectivity index (χ0n) is 8.63. The minimum Gasteiger partial charge on any atom is -0.371 e. The summed E-state index contributed by atoms with van der Waals surface area (Å²) in [5, 5.41) is 6.55. The molecule has 0 radical (unpaired) electrons. The van der Waals surface area contributed by atoms with E-state index < -0.39 is 0 Å². The van der Waals surface area contributed by atoms with E-state index in [0.29, 0.717) is 5.92 Å². The number of hydrogen-bond acceptors (Lipinski definition) is 3. The van der Waals surface area contributed by atoms with E-state index in [1.807, 2.05) is 12.2 Å². The van der Waals surface area contributed by atoms with Gasteiger partial charge in [-0.15, -0.1) is 13.2 Å². The Morgan fingerprint density at radius 3 is 3.00 bits per heavy atom. The van der Waals surface area contributed by atoms with Gasteiger partial charge in [0.25, 0.3) is 0 Å². The molecule has 3 heteroatoms. The molecule has 0 saturated carbocycles. The Morgan fingerprint density at radius 1 is 1.57 bits per heavy atom. The first-order valence-corrected chi connectivity index (χ1v) is 5.11. The number of nitrogens with zero attached hydrogens (tertiary/aromatic N) is 1. The predicted octanol–water partition coefficient (Wildman–Crippen LogP) is 0.956. The van der Waals surface area contributed by atoms with E-state index in [1.165, 1.54) is 0 Å². The van der Waals surface area contributed by atoms with Gasteiger partial charge in [0.1, 0.15) is 5.84 Å². The maximum Gasteiger partial charge on any atom is 0.103 e. The molecule has 1 aliphatic heterocycles. The molecule has 0 amide bonds. The van der Waals surface area contributed by atoms with Crippen LogP contribution in [0, 0.1) is 5.92 Å². The third kappa shape index (κ3) is 3.34. The fraction of sp³-hybridized carbons (Fsp3) is 0.545. The second-order valence-electron chi connectivity index (χ2n) is 3.32. The van der Waals surface area contributed by atoms with Crippen molar-refractivity contribution in [3.05, 3.63) is 25.3 Å². The van der Waals surface area contributed by atoms with Crippen LogP contribution in [0.5, 0.6) is 0 Å². The van der Waals surface area contributed by atoms with Crippen LogP contribution in [-0.4, -0.2) is 32.0 Å². The number of rotatable bonds is 7. The second kappa shape index (κ2) is 6.38. The quantitative estimate of drug-likeness (QED) is 0.466. The third-order valence-corrected chi connectivity index (χ3v) is 2.26. The minimum atomic E-state index is 0.370. The lowest BCUT2D eigenvalue weighted by molar-refractivity contribution is 0.646. The van der Waals surface area contributed by atoms with Crippen LogP contribution >= 0.6 is 0 Å². The third-order valence-electron chi connectivity index (χ3n) is 2.26. The molecule has 78 valence electrons. The number of aliphatic imine (C=N–C) groups is 1. The van der Waals surface area contributed by atoms with Gasteiger partial charge >= 0.3 is 0 Å². The molecule has 1 rings (SSSR count). The van der Waals surface area contributed by atoms with E-state index in [-0.39, 0.29) is 0 Å². The van der Waals surface area contributed by atoms with Gasteiger partial charge in [-0.25, -0.2) is 0 Å². The summed E-state index contributed by atoms with van der Waals surface area (Å²) in [5.74, 6) is 1.47. The molecule has 0 aromatic carbocycles. The van der Waals surface area contributed by atoms with Gasteiger partial charge in [0, 0.05) is 19.0 Å². The summed E-state index contributed by atoms with van der Waals surface area (Å²) < 4.78 is 0. The van der Waals surface area contributed by atoms with Crippen LogP contribution in [0.15, 0.2) is 30.3 Å². The van der Waals surface area contributed by atoms with E-state index in [4.69, 9.17) is 0 Å². The highest BCUT2D eigenvalue weighted by Crippen LogP contribution is 2.07. The first-order chi connectivity index (χ1) is 6.88. The molecule has 1 atom stereocenters. The molecule has 1 unspecified atom stereocenters. The van der Waals surface area contributed by atoms with E-state index in [9.17, 15) is 0 Å². The lowest BCUT2D eigenvalue weighted by atomic mass is 10.0. The van der Waals surface area contributed by atoms with Gasteiger partial charge in [-0.2, -0.15) is 0 Å². The van der Waals surface area contributed by atoms with Gasteiger partial charge in [0.05, 0.1) is 6.54 Å². The summed E-state index contributed by atoms with van der Waals surface area (Å²) in [4.78, 5) is 4.39. The van der Waals surface area contributed by atoms with Gasteiger partial charge in [-0.3, -0.25) is 4.99 Å². The van der Waals surface area contributed by atoms with Gasteiger partial charge < -0.3 is 10.6 Å². The first kappa shape index (κ1) is 11.0. The Bertz CT molecular complexity index is 221. The van der Waals surface area contributed by atoms with Crippen LogP contribution in [0.2, 0.25) is 0 Å². The van der Waals surface area contributed by atoms with Crippen LogP contribution in [0.3, 0.4) is 0 Å². The van der Waals surface area contributed by atoms with Crippen molar-refractivity contribution < 1.29 is 0 Å². The number of nitrogens with one attached hydrogen (secondary N) is 2. The molecular formula is C11H19N3. The SMILES string of the molecule is C=CCNCCC(C=C)C1=NCCN1. The van der Waals surface area contributed by atoms with Crippen molar-refractivity contribution in [2.45, 2.75) is 6.42 Å². The van der Waals surface area contributed by atoms with Gasteiger partial charge in [-0.05, 0) is 13.0 Å². The normalized spacial score (nSPS) is 17.0. The average molecular weight is 193 g/mol. The molecule has 3 nitrogen and oxygen atoms in total. The standard InChI is InChI=1S/C11H19N3/c1-3-6-12-7-5-10(4-2)11-13-8-9-14-11/h3-4,10,12H,1-2,5-9H2,(H,13,14). The predicted molar refractivity (Wildman–Crippen MR) is 61.7 cm³/mol. The summed E-state index contributed by atoms with van der Waals surface area (Å²) in [7, 11) is 0. The summed E-state index contributed by atoms with van der Waals surface area (Å²) >= 11 is 0. The molecule has 0 aliphatic carbocycles. The van der Waals surface area contributed by atoms with Crippen LogP contribution in [-0.2, 0) is 0 Å². The number of hydrogen-bond donors (Lipinski definition) is 2. The average Bonchev–Trinajstić information content (AvgIpc) is 2.71. The van der Waals surface area contributed by atoms with Crippen LogP contribution in [0.1, 0.15) is 6.42 Å². The summed E-state index contributed by atoms with van der Waals surface area (Å²) in [6.45, 7) is 11.2. The molecule has 0 saturated heterocycles. The largest absolute Gasteiger partial charge is 0.371 e. The minimum absolute atomic E-state index is 0.370. The van der Waals surface area contributed by atoms with E-state index >= 15 is 0 Å². The maximum atomic E-state index is 4.39. The smallest absolute Gasteiger partial charge is 0.103 e. The number of amidine groups is 1. The topological polar surface area (TPSA) is 36.4 Å². The van der Waals surface area contributed by atoms with Gasteiger partial charge in [0.15, 0.2) is 0 Å². The maximum absolute atomic E-state index is 4.39. The highest BCUT2D eigenvalue weighted by Gasteiger charge is 2.14. The second-order valence-corrected chi connectivity index (χ2v) is 3.32. The van der Waals surface area contributed by atoms with Crippen molar-refractivity contribution >= 4 is 5.84 Å². The Kier molecular flexibility index (Phi) is 5.00. The molecule has 0 aromatic heterocycles. The molecule has 0 aromatic rings. The van der Waals surface area contributed by atoms with E-state index in [1.54, 1.807) is 0 Å². The zero-order valence-corrected chi connectivity index (χ0v) is 8.63. The Balaban J connectivity index is 2.24. The van der Waals surface area contributed by atoms with Crippen molar-refractivity contribution in [1.82, 2.24) is 10.6 Å². The van der Waals surface area contributed by atoms with E-state index in [0.717, 1.165) is 38.4 Å². The van der Waals surface area contributed by atoms with Crippen LogP contribution in [0.25, 0.3) is 0 Å². The summed E-state index contributed by atoms with van der Waals surface area (Å²) in [6, 6.07) is 0. The Hall–Kier alpha value is -1.09. The Labute approximate surface area is 86.0 Å². The van der Waals surface area contributed by atoms with Crippen molar-refractivity contribution in [3.63, 3.8) is 0 Å². The summed E-state index contributed by atoms with van der Waals surface area (Å²) in [5.41, 5.74) is 0. The first-order valence-electron chi connectivity index (χ1n) is 5.11. The zero-order chi connectivity index (χ0) is 10.2. The molecule has 14 heavy (non-hydrogen) atoms. The fourth-order valence-corrected chi connectivity index (χ4v) is 1.49. The van der Waals surface area contributed by atoms with Gasteiger partial charge in [0.2, 0.25) is 0 Å².